The molecule has 0 fully saturated rings. The van der Waals surface area contributed by atoms with Gasteiger partial charge in [0.25, 0.3) is 5.56 Å². The molecule has 29 heavy (non-hydrogen) atoms. The molecule has 0 aliphatic carbocycles. The fraction of sp³-hybridized carbons (Fsp3) is 0.476. The van der Waals surface area contributed by atoms with Crippen molar-refractivity contribution in [1.82, 2.24) is 9.27 Å². The van der Waals surface area contributed by atoms with Crippen LogP contribution in [0, 0.1) is 0 Å². The number of hydrogen-bond donors (Lipinski definition) is 2. The van der Waals surface area contributed by atoms with Gasteiger partial charge in [-0.05, 0) is 52.7 Å². The minimum Gasteiger partial charge on any atom is -0.444 e. The zero-order valence-electron chi connectivity index (χ0n) is 17.7. The Balaban J connectivity index is 2.17. The Morgan fingerprint density at radius 3 is 2.17 bits per heavy atom. The van der Waals surface area contributed by atoms with Crippen molar-refractivity contribution in [1.29, 1.82) is 0 Å². The standard InChI is InChI=1S/C21H29N3O4S/c1-20(2,3)24-17(25)11-16(29-24)14-9-7-13(8-10-14)15(18(22)26)12-23-19(27)28-21(4,5)6/h7-11,15H,12H2,1-6H3,(H2,22,26)(H,23,27)/t15-/m0/s1. The van der Waals surface area contributed by atoms with Crippen LogP contribution in [0.4, 0.5) is 4.79 Å². The number of alkyl carbamates (subject to hydrolysis) is 1. The molecule has 0 aliphatic heterocycles. The fourth-order valence-corrected chi connectivity index (χ4v) is 3.71. The topological polar surface area (TPSA) is 103 Å². The zero-order valence-corrected chi connectivity index (χ0v) is 18.6. The van der Waals surface area contributed by atoms with E-state index >= 15 is 0 Å². The Kier molecular flexibility index (Phi) is 6.57. The lowest BCUT2D eigenvalue weighted by atomic mass is 9.97. The fourth-order valence-electron chi connectivity index (χ4n) is 2.71. The van der Waals surface area contributed by atoms with Crippen LogP contribution in [0.1, 0.15) is 53.0 Å². The molecule has 2 amide bonds. The SMILES string of the molecule is CC(C)(C)OC(=O)NC[C@H](C(N)=O)c1ccc(-c2cc(=O)n(C(C)(C)C)s2)cc1. The van der Waals surface area contributed by atoms with Gasteiger partial charge in [0.05, 0.1) is 16.3 Å². The van der Waals surface area contributed by atoms with Crippen molar-refractivity contribution < 1.29 is 14.3 Å². The van der Waals surface area contributed by atoms with Crippen molar-refractivity contribution in [3.63, 3.8) is 0 Å². The lowest BCUT2D eigenvalue weighted by molar-refractivity contribution is -0.119. The number of nitrogens with two attached hydrogens (primary N) is 1. The zero-order chi connectivity index (χ0) is 22.0. The quantitative estimate of drug-likeness (QED) is 0.775. The van der Waals surface area contributed by atoms with Gasteiger partial charge in [-0.25, -0.2) is 4.79 Å². The summed E-state index contributed by atoms with van der Waals surface area (Å²) < 4.78 is 6.92. The van der Waals surface area contributed by atoms with Crippen LogP contribution in [0.15, 0.2) is 35.1 Å². The number of carbonyl (C=O) groups is 2. The molecule has 2 aromatic rings. The Morgan fingerprint density at radius 2 is 1.72 bits per heavy atom. The second-order valence-electron chi connectivity index (χ2n) is 8.86. The van der Waals surface area contributed by atoms with Gasteiger partial charge in [0.2, 0.25) is 5.91 Å². The van der Waals surface area contributed by atoms with Crippen molar-refractivity contribution >= 4 is 23.5 Å². The predicted octanol–water partition coefficient (Wildman–Crippen LogP) is 3.43. The van der Waals surface area contributed by atoms with Crippen LogP contribution >= 0.6 is 11.5 Å². The Hall–Kier alpha value is -2.61. The predicted molar refractivity (Wildman–Crippen MR) is 115 cm³/mol. The van der Waals surface area contributed by atoms with Gasteiger partial charge in [0.1, 0.15) is 5.60 Å². The largest absolute Gasteiger partial charge is 0.444 e. The van der Waals surface area contributed by atoms with Crippen molar-refractivity contribution in [3.05, 3.63) is 46.2 Å². The van der Waals surface area contributed by atoms with Gasteiger partial charge in [0, 0.05) is 12.6 Å². The maximum Gasteiger partial charge on any atom is 0.407 e. The van der Waals surface area contributed by atoms with Crippen molar-refractivity contribution in [2.45, 2.75) is 58.6 Å². The Morgan fingerprint density at radius 1 is 1.14 bits per heavy atom. The van der Waals surface area contributed by atoms with E-state index in [1.807, 2.05) is 32.9 Å². The summed E-state index contributed by atoms with van der Waals surface area (Å²) in [5.74, 6) is -1.23. The normalized spacial score (nSPS) is 13.0. The molecule has 0 spiro atoms. The molecule has 0 unspecified atom stereocenters. The number of aromatic nitrogens is 1. The summed E-state index contributed by atoms with van der Waals surface area (Å²) in [6.45, 7) is 11.3. The van der Waals surface area contributed by atoms with E-state index in [0.717, 1.165) is 10.4 Å². The highest BCUT2D eigenvalue weighted by atomic mass is 32.1. The van der Waals surface area contributed by atoms with Crippen molar-refractivity contribution in [2.75, 3.05) is 6.54 Å². The molecule has 158 valence electrons. The number of rotatable bonds is 5. The number of nitrogens with one attached hydrogen (secondary N) is 1. The highest BCUT2D eigenvalue weighted by Gasteiger charge is 2.22. The number of carbonyl (C=O) groups excluding carboxylic acids is 2. The first-order valence-corrected chi connectivity index (χ1v) is 10.2. The first-order chi connectivity index (χ1) is 13.3. The Bertz CT molecular complexity index is 931. The van der Waals surface area contributed by atoms with Gasteiger partial charge in [-0.15, -0.1) is 0 Å². The number of primary amides is 1. The van der Waals surface area contributed by atoms with Crippen molar-refractivity contribution in [2.24, 2.45) is 5.73 Å². The minimum atomic E-state index is -0.686. The van der Waals surface area contributed by atoms with Gasteiger partial charge in [-0.3, -0.25) is 13.5 Å². The monoisotopic (exact) mass is 419 g/mol. The Labute approximate surface area is 175 Å². The maximum atomic E-state index is 12.2. The van der Waals surface area contributed by atoms with E-state index < -0.39 is 23.5 Å². The molecule has 1 atom stereocenters. The molecule has 8 heteroatoms. The molecule has 3 N–H and O–H groups in total. The van der Waals surface area contributed by atoms with E-state index in [9.17, 15) is 14.4 Å². The first-order valence-electron chi connectivity index (χ1n) is 9.38. The van der Waals surface area contributed by atoms with Crippen molar-refractivity contribution in [3.8, 4) is 10.4 Å². The molecule has 0 saturated carbocycles. The molecule has 1 heterocycles. The van der Waals surface area contributed by atoms with E-state index in [4.69, 9.17) is 10.5 Å². The van der Waals surface area contributed by atoms with E-state index in [0.29, 0.717) is 5.56 Å². The molecular weight excluding hydrogens is 390 g/mol. The molecule has 1 aromatic carbocycles. The van der Waals surface area contributed by atoms with Crippen LogP contribution in [0.25, 0.3) is 10.4 Å². The molecule has 0 aliphatic rings. The van der Waals surface area contributed by atoms with Gasteiger partial charge < -0.3 is 15.8 Å². The summed E-state index contributed by atoms with van der Waals surface area (Å²) in [5.41, 5.74) is 6.13. The van der Waals surface area contributed by atoms with Crippen LogP contribution in [0.5, 0.6) is 0 Å². The molecule has 0 saturated heterocycles. The smallest absolute Gasteiger partial charge is 0.407 e. The van der Waals surface area contributed by atoms with E-state index in [2.05, 4.69) is 5.32 Å². The van der Waals surface area contributed by atoms with E-state index in [1.165, 1.54) is 11.5 Å². The average Bonchev–Trinajstić information content (AvgIpc) is 2.96. The number of amides is 2. The van der Waals surface area contributed by atoms with Crippen LogP contribution in [-0.2, 0) is 15.1 Å². The summed E-state index contributed by atoms with van der Waals surface area (Å²) in [5, 5.41) is 2.59. The third kappa shape index (κ3) is 6.19. The summed E-state index contributed by atoms with van der Waals surface area (Å²) in [7, 11) is 0. The molecular formula is C21H29N3O4S. The van der Waals surface area contributed by atoms with Gasteiger partial charge in [-0.1, -0.05) is 35.8 Å². The van der Waals surface area contributed by atoms with Crippen LogP contribution in [-0.4, -0.2) is 28.1 Å². The van der Waals surface area contributed by atoms with Crippen LogP contribution < -0.4 is 16.6 Å². The first kappa shape index (κ1) is 22.7. The summed E-state index contributed by atoms with van der Waals surface area (Å²) >= 11 is 1.40. The van der Waals surface area contributed by atoms with Crippen LogP contribution in [0.2, 0.25) is 0 Å². The summed E-state index contributed by atoms with van der Waals surface area (Å²) in [6.07, 6.45) is -0.603. The minimum absolute atomic E-state index is 0.0390. The molecule has 0 radical (unpaired) electrons. The molecule has 0 bridgehead atoms. The third-order valence-corrected chi connectivity index (χ3v) is 5.50. The third-order valence-electron chi connectivity index (χ3n) is 4.04. The molecule has 7 nitrogen and oxygen atoms in total. The molecule has 1 aromatic heterocycles. The second kappa shape index (κ2) is 8.41. The number of hydrogen-bond acceptors (Lipinski definition) is 5. The second-order valence-corrected chi connectivity index (χ2v) is 9.85. The summed E-state index contributed by atoms with van der Waals surface area (Å²) in [6, 6.07) is 8.87. The summed E-state index contributed by atoms with van der Waals surface area (Å²) in [4.78, 5) is 36.8. The van der Waals surface area contributed by atoms with E-state index in [-0.39, 0.29) is 17.6 Å². The highest BCUT2D eigenvalue weighted by molar-refractivity contribution is 7.10. The van der Waals surface area contributed by atoms with Gasteiger partial charge in [-0.2, -0.15) is 0 Å². The maximum absolute atomic E-state index is 12.2. The molecule has 2 rings (SSSR count). The lowest BCUT2D eigenvalue weighted by Gasteiger charge is -2.21. The highest BCUT2D eigenvalue weighted by Crippen LogP contribution is 2.28. The number of benzene rings is 1. The van der Waals surface area contributed by atoms with Gasteiger partial charge >= 0.3 is 6.09 Å². The average molecular weight is 420 g/mol. The number of ether oxygens (including phenoxy) is 1. The number of nitrogens with zero attached hydrogens (tertiary/aromatic N) is 1. The lowest BCUT2D eigenvalue weighted by Crippen LogP contribution is -2.38. The van der Waals surface area contributed by atoms with E-state index in [1.54, 1.807) is 42.9 Å². The van der Waals surface area contributed by atoms with Gasteiger partial charge in [0.15, 0.2) is 0 Å². The van der Waals surface area contributed by atoms with Crippen LogP contribution in [0.3, 0.4) is 0 Å².